The second-order valence-electron chi connectivity index (χ2n) is 6.37. The van der Waals surface area contributed by atoms with Crippen LogP contribution in [0.1, 0.15) is 19.9 Å². The molecule has 0 aliphatic carbocycles. The molecule has 4 rings (SSSR count). The van der Waals surface area contributed by atoms with Gasteiger partial charge in [-0.25, -0.2) is 9.97 Å². The summed E-state index contributed by atoms with van der Waals surface area (Å²) in [5, 5.41) is 13.7. The predicted molar refractivity (Wildman–Crippen MR) is 103 cm³/mol. The highest BCUT2D eigenvalue weighted by atomic mass is 16.3. The summed E-state index contributed by atoms with van der Waals surface area (Å²) in [6, 6.07) is 11.0. The van der Waals surface area contributed by atoms with Gasteiger partial charge in [0.25, 0.3) is 0 Å². The van der Waals surface area contributed by atoms with Gasteiger partial charge in [0.05, 0.1) is 17.4 Å². The molecule has 0 aliphatic heterocycles. The van der Waals surface area contributed by atoms with Crippen LogP contribution < -0.4 is 5.32 Å². The number of aromatic nitrogens is 4. The summed E-state index contributed by atoms with van der Waals surface area (Å²) in [5.74, 6) is 0.730. The zero-order valence-electron chi connectivity index (χ0n) is 14.6. The van der Waals surface area contributed by atoms with Crippen LogP contribution in [0.2, 0.25) is 0 Å². The minimum absolute atomic E-state index is 0.223. The van der Waals surface area contributed by atoms with Crippen LogP contribution >= 0.6 is 0 Å². The van der Waals surface area contributed by atoms with Crippen molar-refractivity contribution in [1.82, 2.24) is 19.5 Å². The number of benzene rings is 1. The first-order chi connectivity index (χ1) is 12.6. The number of rotatable bonds is 4. The number of phenols is 1. The molecule has 130 valence electrons. The molecule has 26 heavy (non-hydrogen) atoms. The molecule has 4 aromatic rings. The van der Waals surface area contributed by atoms with E-state index < -0.39 is 0 Å². The Morgan fingerprint density at radius 2 is 1.85 bits per heavy atom. The molecule has 3 aromatic heterocycles. The third-order valence-electron chi connectivity index (χ3n) is 4.25. The van der Waals surface area contributed by atoms with Crippen LogP contribution in [0, 0.1) is 0 Å². The van der Waals surface area contributed by atoms with Gasteiger partial charge in [-0.2, -0.15) is 0 Å². The second-order valence-corrected chi connectivity index (χ2v) is 6.37. The molecule has 0 saturated carbocycles. The fourth-order valence-corrected chi connectivity index (χ4v) is 2.97. The number of aromatic hydroxyl groups is 1. The van der Waals surface area contributed by atoms with E-state index in [1.54, 1.807) is 36.7 Å². The molecule has 3 heterocycles. The lowest BCUT2D eigenvalue weighted by Gasteiger charge is -2.08. The SMILES string of the molecule is CC(C)n1cc(-c2ccnc(Nc3ccc(O)cc3)n2)c2ccncc21. The van der Waals surface area contributed by atoms with Crippen molar-refractivity contribution in [2.24, 2.45) is 0 Å². The highest BCUT2D eigenvalue weighted by Crippen LogP contribution is 2.31. The van der Waals surface area contributed by atoms with Crippen LogP contribution in [0.3, 0.4) is 0 Å². The summed E-state index contributed by atoms with van der Waals surface area (Å²) in [6.45, 7) is 4.29. The maximum atomic E-state index is 9.40. The van der Waals surface area contributed by atoms with Gasteiger partial charge in [0.1, 0.15) is 5.75 Å². The molecule has 1 aromatic carbocycles. The quantitative estimate of drug-likeness (QED) is 0.532. The highest BCUT2D eigenvalue weighted by Gasteiger charge is 2.13. The third kappa shape index (κ3) is 2.97. The predicted octanol–water partition coefficient (Wildman–Crippen LogP) is 4.52. The lowest BCUT2D eigenvalue weighted by atomic mass is 10.1. The molecule has 0 amide bonds. The summed E-state index contributed by atoms with van der Waals surface area (Å²) in [5.41, 5.74) is 3.79. The second kappa shape index (κ2) is 6.48. The fraction of sp³-hybridized carbons (Fsp3) is 0.150. The van der Waals surface area contributed by atoms with Gasteiger partial charge in [-0.05, 0) is 50.2 Å². The molecule has 0 radical (unpaired) electrons. The fourth-order valence-electron chi connectivity index (χ4n) is 2.97. The molecule has 0 fully saturated rings. The Kier molecular flexibility index (Phi) is 4.01. The topological polar surface area (TPSA) is 75.9 Å². The number of nitrogens with one attached hydrogen (secondary N) is 1. The molecular weight excluding hydrogens is 326 g/mol. The van der Waals surface area contributed by atoms with Crippen molar-refractivity contribution in [3.63, 3.8) is 0 Å². The summed E-state index contributed by atoms with van der Waals surface area (Å²) < 4.78 is 2.20. The van der Waals surface area contributed by atoms with Crippen LogP contribution in [0.15, 0.2) is 61.2 Å². The van der Waals surface area contributed by atoms with Gasteiger partial charge in [-0.1, -0.05) is 0 Å². The Balaban J connectivity index is 1.75. The number of fused-ring (bicyclic) bond motifs is 1. The van der Waals surface area contributed by atoms with Crippen molar-refractivity contribution in [1.29, 1.82) is 0 Å². The zero-order chi connectivity index (χ0) is 18.1. The third-order valence-corrected chi connectivity index (χ3v) is 4.25. The molecule has 0 saturated heterocycles. The van der Waals surface area contributed by atoms with Crippen LogP contribution in [0.5, 0.6) is 5.75 Å². The summed E-state index contributed by atoms with van der Waals surface area (Å²) in [7, 11) is 0. The molecule has 0 atom stereocenters. The lowest BCUT2D eigenvalue weighted by molar-refractivity contribution is 0.475. The van der Waals surface area contributed by atoms with Gasteiger partial charge in [0.15, 0.2) is 0 Å². The van der Waals surface area contributed by atoms with Crippen LogP contribution in [-0.4, -0.2) is 24.6 Å². The molecule has 6 nitrogen and oxygen atoms in total. The number of hydrogen-bond donors (Lipinski definition) is 2. The Morgan fingerprint density at radius 3 is 2.62 bits per heavy atom. The molecular formula is C20H19N5O. The number of hydrogen-bond acceptors (Lipinski definition) is 5. The van der Waals surface area contributed by atoms with E-state index in [2.05, 4.69) is 44.9 Å². The lowest BCUT2D eigenvalue weighted by Crippen LogP contribution is -1.98. The first kappa shape index (κ1) is 16.1. The van der Waals surface area contributed by atoms with Crippen LogP contribution in [0.25, 0.3) is 22.2 Å². The Hall–Kier alpha value is -3.41. The molecule has 0 bridgehead atoms. The summed E-state index contributed by atoms with van der Waals surface area (Å²) in [6.07, 6.45) is 7.54. The van der Waals surface area contributed by atoms with Crippen LogP contribution in [-0.2, 0) is 0 Å². The van der Waals surface area contributed by atoms with Gasteiger partial charge >= 0.3 is 0 Å². The number of phenolic OH excluding ortho intramolecular Hbond substituents is 1. The van der Waals surface area contributed by atoms with Gasteiger partial charge in [-0.15, -0.1) is 0 Å². The Bertz CT molecular complexity index is 1050. The summed E-state index contributed by atoms with van der Waals surface area (Å²) >= 11 is 0. The monoisotopic (exact) mass is 345 g/mol. The molecule has 0 aliphatic rings. The molecule has 6 heteroatoms. The first-order valence-corrected chi connectivity index (χ1v) is 8.46. The van der Waals surface area contributed by atoms with E-state index in [0.717, 1.165) is 27.8 Å². The minimum atomic E-state index is 0.223. The molecule has 2 N–H and O–H groups in total. The highest BCUT2D eigenvalue weighted by molar-refractivity contribution is 5.94. The minimum Gasteiger partial charge on any atom is -0.508 e. The average Bonchev–Trinajstić information content (AvgIpc) is 3.04. The van der Waals surface area contributed by atoms with Gasteiger partial charge in [0, 0.05) is 41.3 Å². The van der Waals surface area contributed by atoms with E-state index >= 15 is 0 Å². The van der Waals surface area contributed by atoms with E-state index in [0.29, 0.717) is 12.0 Å². The maximum absolute atomic E-state index is 9.40. The standard InChI is InChI=1S/C20H19N5O/c1-13(2)25-12-17(16-7-9-21-11-19(16)25)18-8-10-22-20(24-18)23-14-3-5-15(26)6-4-14/h3-13,26H,1-2H3,(H,22,23,24). The zero-order valence-corrected chi connectivity index (χ0v) is 14.6. The first-order valence-electron chi connectivity index (χ1n) is 8.46. The maximum Gasteiger partial charge on any atom is 0.227 e. The van der Waals surface area contributed by atoms with Crippen molar-refractivity contribution >= 4 is 22.5 Å². The number of nitrogens with zero attached hydrogens (tertiary/aromatic N) is 4. The van der Waals surface area contributed by atoms with Crippen molar-refractivity contribution in [3.8, 4) is 17.0 Å². The number of pyridine rings is 1. The van der Waals surface area contributed by atoms with Gasteiger partial charge in [0.2, 0.25) is 5.95 Å². The molecule has 0 unspecified atom stereocenters. The van der Waals surface area contributed by atoms with E-state index in [-0.39, 0.29) is 5.75 Å². The van der Waals surface area contributed by atoms with Crippen molar-refractivity contribution in [3.05, 3.63) is 61.2 Å². The van der Waals surface area contributed by atoms with Gasteiger partial charge in [-0.3, -0.25) is 4.98 Å². The van der Waals surface area contributed by atoms with E-state index in [4.69, 9.17) is 0 Å². The van der Waals surface area contributed by atoms with E-state index in [1.807, 2.05) is 18.3 Å². The Labute approximate surface area is 151 Å². The van der Waals surface area contributed by atoms with Crippen LogP contribution in [0.4, 0.5) is 11.6 Å². The van der Waals surface area contributed by atoms with Crippen molar-refractivity contribution in [2.45, 2.75) is 19.9 Å². The molecule has 0 spiro atoms. The average molecular weight is 345 g/mol. The van der Waals surface area contributed by atoms with E-state index in [9.17, 15) is 5.11 Å². The normalized spacial score (nSPS) is 11.2. The van der Waals surface area contributed by atoms with Gasteiger partial charge < -0.3 is 15.0 Å². The summed E-state index contributed by atoms with van der Waals surface area (Å²) in [4.78, 5) is 13.2. The number of anilines is 2. The Morgan fingerprint density at radius 1 is 1.04 bits per heavy atom. The largest absolute Gasteiger partial charge is 0.508 e. The van der Waals surface area contributed by atoms with E-state index in [1.165, 1.54) is 0 Å². The van der Waals surface area contributed by atoms with Crippen molar-refractivity contribution in [2.75, 3.05) is 5.32 Å². The smallest absolute Gasteiger partial charge is 0.227 e. The van der Waals surface area contributed by atoms with Crippen molar-refractivity contribution < 1.29 is 5.11 Å².